The van der Waals surface area contributed by atoms with E-state index in [9.17, 15) is 0 Å². The Kier molecular flexibility index (Phi) is 6.74. The van der Waals surface area contributed by atoms with Gasteiger partial charge in [0.25, 0.3) is 0 Å². The molecule has 0 aliphatic rings. The van der Waals surface area contributed by atoms with E-state index in [0.717, 1.165) is 24.7 Å². The predicted molar refractivity (Wildman–Crippen MR) is 75.8 cm³/mol. The maximum atomic E-state index is 5.96. The standard InChI is InChI=1S/C12H16BrCl2N/c1-2-10(5-6-13)16-8-9-3-4-11(14)12(15)7-9/h3-4,7,10,16H,2,5-6,8H2,1H3. The highest BCUT2D eigenvalue weighted by atomic mass is 79.9. The summed E-state index contributed by atoms with van der Waals surface area (Å²) in [5.41, 5.74) is 1.17. The molecule has 0 radical (unpaired) electrons. The summed E-state index contributed by atoms with van der Waals surface area (Å²) in [6.45, 7) is 3.03. The van der Waals surface area contributed by atoms with Gasteiger partial charge in [-0.25, -0.2) is 0 Å². The van der Waals surface area contributed by atoms with Crippen LogP contribution in [0.3, 0.4) is 0 Å². The second-order valence-electron chi connectivity index (χ2n) is 3.71. The topological polar surface area (TPSA) is 12.0 Å². The first-order valence-electron chi connectivity index (χ1n) is 5.40. The molecule has 1 nitrogen and oxygen atoms in total. The monoisotopic (exact) mass is 323 g/mol. The molecule has 4 heteroatoms. The molecule has 1 rings (SSSR count). The van der Waals surface area contributed by atoms with Crippen LogP contribution in [0.2, 0.25) is 10.0 Å². The Bertz CT molecular complexity index is 331. The van der Waals surface area contributed by atoms with Crippen LogP contribution in [-0.4, -0.2) is 11.4 Å². The van der Waals surface area contributed by atoms with Gasteiger partial charge in [0.05, 0.1) is 10.0 Å². The fourth-order valence-electron chi connectivity index (χ4n) is 1.49. The first kappa shape index (κ1) is 14.3. The van der Waals surface area contributed by atoms with Gasteiger partial charge >= 0.3 is 0 Å². The Balaban J connectivity index is 2.50. The SMILES string of the molecule is CCC(CCBr)NCc1ccc(Cl)c(Cl)c1. The quantitative estimate of drug-likeness (QED) is 0.751. The fraction of sp³-hybridized carbons (Fsp3) is 0.500. The normalized spacial score (nSPS) is 12.8. The molecule has 0 aromatic heterocycles. The molecule has 0 fully saturated rings. The fourth-order valence-corrected chi connectivity index (χ4v) is 2.37. The summed E-state index contributed by atoms with van der Waals surface area (Å²) in [6.07, 6.45) is 2.27. The van der Waals surface area contributed by atoms with E-state index >= 15 is 0 Å². The molecule has 1 aromatic carbocycles. The molecule has 0 amide bonds. The van der Waals surface area contributed by atoms with Gasteiger partial charge in [0.2, 0.25) is 0 Å². The van der Waals surface area contributed by atoms with Gasteiger partial charge < -0.3 is 5.32 Å². The molecule has 1 aromatic rings. The van der Waals surface area contributed by atoms with Gasteiger partial charge in [-0.05, 0) is 30.5 Å². The molecule has 0 saturated heterocycles. The Morgan fingerprint density at radius 1 is 1.31 bits per heavy atom. The van der Waals surface area contributed by atoms with Crippen LogP contribution in [0.1, 0.15) is 25.3 Å². The molecule has 0 aliphatic carbocycles. The molecule has 90 valence electrons. The van der Waals surface area contributed by atoms with Crippen LogP contribution in [0, 0.1) is 0 Å². The summed E-state index contributed by atoms with van der Waals surface area (Å²) < 4.78 is 0. The number of alkyl halides is 1. The van der Waals surface area contributed by atoms with Crippen LogP contribution in [0.25, 0.3) is 0 Å². The molecular formula is C12H16BrCl2N. The lowest BCUT2D eigenvalue weighted by atomic mass is 10.1. The second-order valence-corrected chi connectivity index (χ2v) is 5.32. The molecule has 0 heterocycles. The highest BCUT2D eigenvalue weighted by Crippen LogP contribution is 2.22. The van der Waals surface area contributed by atoms with Gasteiger partial charge in [-0.15, -0.1) is 0 Å². The summed E-state index contributed by atoms with van der Waals surface area (Å²) >= 11 is 15.3. The number of hydrogen-bond acceptors (Lipinski definition) is 1. The third-order valence-electron chi connectivity index (χ3n) is 2.53. The van der Waals surface area contributed by atoms with Gasteiger partial charge in [0, 0.05) is 17.9 Å². The lowest BCUT2D eigenvalue weighted by Crippen LogP contribution is -2.28. The lowest BCUT2D eigenvalue weighted by Gasteiger charge is -2.15. The minimum Gasteiger partial charge on any atom is -0.310 e. The van der Waals surface area contributed by atoms with E-state index in [1.54, 1.807) is 0 Å². The molecule has 0 aliphatic heterocycles. The minimum absolute atomic E-state index is 0.550. The van der Waals surface area contributed by atoms with Gasteiger partial charge in [-0.3, -0.25) is 0 Å². The summed E-state index contributed by atoms with van der Waals surface area (Å²) in [7, 11) is 0. The molecule has 1 N–H and O–H groups in total. The first-order chi connectivity index (χ1) is 7.67. The van der Waals surface area contributed by atoms with Crippen molar-refractivity contribution in [3.05, 3.63) is 33.8 Å². The van der Waals surface area contributed by atoms with Gasteiger partial charge in [-0.2, -0.15) is 0 Å². The molecular weight excluding hydrogens is 309 g/mol. The minimum atomic E-state index is 0.550. The van der Waals surface area contributed by atoms with Gasteiger partial charge in [0.1, 0.15) is 0 Å². The smallest absolute Gasteiger partial charge is 0.0595 e. The summed E-state index contributed by atoms with van der Waals surface area (Å²) in [6, 6.07) is 6.31. The van der Waals surface area contributed by atoms with Crippen molar-refractivity contribution in [3.8, 4) is 0 Å². The average Bonchev–Trinajstić information content (AvgIpc) is 2.28. The maximum Gasteiger partial charge on any atom is 0.0595 e. The number of nitrogens with one attached hydrogen (secondary N) is 1. The Morgan fingerprint density at radius 3 is 2.62 bits per heavy atom. The third-order valence-corrected chi connectivity index (χ3v) is 3.73. The van der Waals surface area contributed by atoms with E-state index in [4.69, 9.17) is 23.2 Å². The molecule has 16 heavy (non-hydrogen) atoms. The lowest BCUT2D eigenvalue weighted by molar-refractivity contribution is 0.488. The van der Waals surface area contributed by atoms with E-state index in [-0.39, 0.29) is 0 Å². The number of rotatable bonds is 6. The highest BCUT2D eigenvalue weighted by Gasteiger charge is 2.05. The van der Waals surface area contributed by atoms with Gasteiger partial charge in [-0.1, -0.05) is 52.1 Å². The van der Waals surface area contributed by atoms with Crippen LogP contribution >= 0.6 is 39.1 Å². The third kappa shape index (κ3) is 4.62. The number of halogens is 3. The highest BCUT2D eigenvalue weighted by molar-refractivity contribution is 9.09. The average molecular weight is 325 g/mol. The molecule has 1 atom stereocenters. The van der Waals surface area contributed by atoms with Crippen molar-refractivity contribution < 1.29 is 0 Å². The zero-order valence-corrected chi connectivity index (χ0v) is 12.4. The van der Waals surface area contributed by atoms with Crippen molar-refractivity contribution in [1.82, 2.24) is 5.32 Å². The number of benzene rings is 1. The van der Waals surface area contributed by atoms with Crippen molar-refractivity contribution in [1.29, 1.82) is 0 Å². The molecule has 0 bridgehead atoms. The maximum absolute atomic E-state index is 5.96. The zero-order valence-electron chi connectivity index (χ0n) is 9.27. The van der Waals surface area contributed by atoms with Crippen molar-refractivity contribution >= 4 is 39.1 Å². The number of hydrogen-bond donors (Lipinski definition) is 1. The van der Waals surface area contributed by atoms with E-state index < -0.39 is 0 Å². The molecule has 0 spiro atoms. The van der Waals surface area contributed by atoms with E-state index in [1.807, 2.05) is 18.2 Å². The van der Waals surface area contributed by atoms with Crippen LogP contribution in [0.5, 0.6) is 0 Å². The largest absolute Gasteiger partial charge is 0.310 e. The van der Waals surface area contributed by atoms with Crippen LogP contribution in [0.4, 0.5) is 0 Å². The predicted octanol–water partition coefficient (Wildman–Crippen LogP) is 4.65. The summed E-state index contributed by atoms with van der Waals surface area (Å²) in [4.78, 5) is 0. The second kappa shape index (κ2) is 7.54. The van der Waals surface area contributed by atoms with Crippen molar-refractivity contribution in [2.24, 2.45) is 0 Å². The Morgan fingerprint density at radius 2 is 2.06 bits per heavy atom. The van der Waals surface area contributed by atoms with Gasteiger partial charge in [0.15, 0.2) is 0 Å². The van der Waals surface area contributed by atoms with Crippen LogP contribution in [-0.2, 0) is 6.54 Å². The van der Waals surface area contributed by atoms with Crippen LogP contribution < -0.4 is 5.32 Å². The summed E-state index contributed by atoms with van der Waals surface area (Å²) in [5.74, 6) is 0. The Labute approximate surface area is 116 Å². The van der Waals surface area contributed by atoms with E-state index in [1.165, 1.54) is 5.56 Å². The van der Waals surface area contributed by atoms with Crippen molar-refractivity contribution in [2.75, 3.05) is 5.33 Å². The molecule has 1 unspecified atom stereocenters. The van der Waals surface area contributed by atoms with E-state index in [2.05, 4.69) is 28.2 Å². The summed E-state index contributed by atoms with van der Waals surface area (Å²) in [5, 5.41) is 5.76. The van der Waals surface area contributed by atoms with Crippen LogP contribution in [0.15, 0.2) is 18.2 Å². The molecule has 0 saturated carbocycles. The zero-order chi connectivity index (χ0) is 12.0. The Hall–Kier alpha value is 0.240. The van der Waals surface area contributed by atoms with Crippen molar-refractivity contribution in [3.63, 3.8) is 0 Å². The van der Waals surface area contributed by atoms with Crippen molar-refractivity contribution in [2.45, 2.75) is 32.4 Å². The van der Waals surface area contributed by atoms with E-state index in [0.29, 0.717) is 16.1 Å². The first-order valence-corrected chi connectivity index (χ1v) is 7.28.